The number of alkyl halides is 3. The SMILES string of the molecule is Cc1cccc(N2CC[C@H](O)[C@@H](N3CCC[C@@H](Nc4cc(Cl)cc(C(F)(F)F)c4)C3=O)C2)c1F. The topological polar surface area (TPSA) is 55.8 Å². The number of hydrogen-bond donors (Lipinski definition) is 2. The minimum Gasteiger partial charge on any atom is -0.391 e. The molecule has 2 heterocycles. The van der Waals surface area contributed by atoms with E-state index in [0.29, 0.717) is 43.6 Å². The summed E-state index contributed by atoms with van der Waals surface area (Å²) in [5.74, 6) is -0.640. The molecule has 0 aromatic heterocycles. The van der Waals surface area contributed by atoms with Crippen molar-refractivity contribution in [2.24, 2.45) is 0 Å². The van der Waals surface area contributed by atoms with Crippen molar-refractivity contribution in [1.29, 1.82) is 0 Å². The van der Waals surface area contributed by atoms with Gasteiger partial charge in [-0.2, -0.15) is 13.2 Å². The van der Waals surface area contributed by atoms with Crippen molar-refractivity contribution < 1.29 is 27.5 Å². The molecule has 4 rings (SSSR count). The standard InChI is InChI=1S/C24H26ClF4N3O2/c1-14-4-2-6-19(22(14)26)31-9-7-21(33)20(13-31)32-8-3-5-18(23(32)34)30-17-11-15(24(27,28)29)10-16(25)12-17/h2,4,6,10-12,18,20-21,30,33H,3,5,7-9,13H2,1H3/t18-,20+,21+/m1/s1. The van der Waals surface area contributed by atoms with Crippen LogP contribution in [0, 0.1) is 12.7 Å². The van der Waals surface area contributed by atoms with E-state index in [-0.39, 0.29) is 29.0 Å². The van der Waals surface area contributed by atoms with E-state index in [1.807, 2.05) is 4.90 Å². The lowest BCUT2D eigenvalue weighted by atomic mass is 9.95. The van der Waals surface area contributed by atoms with Crippen molar-refractivity contribution >= 4 is 28.9 Å². The number of halogens is 5. The second-order valence-corrected chi connectivity index (χ2v) is 9.31. The lowest BCUT2D eigenvalue weighted by molar-refractivity contribution is -0.140. The molecule has 2 aliphatic heterocycles. The average molecular weight is 500 g/mol. The summed E-state index contributed by atoms with van der Waals surface area (Å²) in [6.45, 7) is 2.80. The molecule has 2 N–H and O–H groups in total. The summed E-state index contributed by atoms with van der Waals surface area (Å²) in [5, 5.41) is 13.5. The molecule has 0 saturated carbocycles. The number of carbonyl (C=O) groups excluding carboxylic acids is 1. The highest BCUT2D eigenvalue weighted by Crippen LogP contribution is 2.34. The molecule has 184 valence electrons. The molecule has 0 bridgehead atoms. The zero-order valence-electron chi connectivity index (χ0n) is 18.6. The first-order valence-electron chi connectivity index (χ1n) is 11.2. The Hall–Kier alpha value is -2.52. The van der Waals surface area contributed by atoms with Gasteiger partial charge in [-0.05, 0) is 56.0 Å². The highest BCUT2D eigenvalue weighted by molar-refractivity contribution is 6.31. The number of piperidine rings is 2. The van der Waals surface area contributed by atoms with Crippen molar-refractivity contribution in [1.82, 2.24) is 4.90 Å². The molecule has 2 aromatic carbocycles. The number of likely N-dealkylation sites (tertiary alicyclic amines) is 1. The van der Waals surface area contributed by atoms with Gasteiger partial charge in [0.05, 0.1) is 23.4 Å². The van der Waals surface area contributed by atoms with E-state index in [2.05, 4.69) is 5.32 Å². The number of aliphatic hydroxyl groups is 1. The second kappa shape index (κ2) is 9.62. The monoisotopic (exact) mass is 499 g/mol. The van der Waals surface area contributed by atoms with Crippen molar-refractivity contribution in [2.45, 2.75) is 50.6 Å². The van der Waals surface area contributed by atoms with Crippen LogP contribution in [0.25, 0.3) is 0 Å². The molecule has 1 amide bonds. The molecule has 10 heteroatoms. The van der Waals surface area contributed by atoms with Gasteiger partial charge in [0.1, 0.15) is 11.9 Å². The predicted octanol–water partition coefficient (Wildman–Crippen LogP) is 4.85. The maximum Gasteiger partial charge on any atom is 0.416 e. The molecule has 0 radical (unpaired) electrons. The van der Waals surface area contributed by atoms with Gasteiger partial charge in [0.2, 0.25) is 5.91 Å². The van der Waals surface area contributed by atoms with Gasteiger partial charge < -0.3 is 20.2 Å². The van der Waals surface area contributed by atoms with E-state index in [0.717, 1.165) is 12.1 Å². The van der Waals surface area contributed by atoms with Crippen LogP contribution in [-0.4, -0.2) is 53.7 Å². The summed E-state index contributed by atoms with van der Waals surface area (Å²) >= 11 is 5.87. The fourth-order valence-corrected chi connectivity index (χ4v) is 4.96. The van der Waals surface area contributed by atoms with Gasteiger partial charge in [-0.1, -0.05) is 23.7 Å². The molecular weight excluding hydrogens is 474 g/mol. The number of aliphatic hydroxyl groups excluding tert-OH is 1. The summed E-state index contributed by atoms with van der Waals surface area (Å²) in [6, 6.07) is 6.91. The van der Waals surface area contributed by atoms with Gasteiger partial charge in [0.25, 0.3) is 0 Å². The molecule has 34 heavy (non-hydrogen) atoms. The predicted molar refractivity (Wildman–Crippen MR) is 123 cm³/mol. The first kappa shape index (κ1) is 24.6. The Labute approximate surface area is 200 Å². The van der Waals surface area contributed by atoms with Gasteiger partial charge in [-0.25, -0.2) is 4.39 Å². The van der Waals surface area contributed by atoms with E-state index in [1.54, 1.807) is 30.0 Å². The maximum atomic E-state index is 14.7. The third-order valence-corrected chi connectivity index (χ3v) is 6.72. The Morgan fingerprint density at radius 1 is 1.15 bits per heavy atom. The molecule has 5 nitrogen and oxygen atoms in total. The molecule has 2 saturated heterocycles. The summed E-state index contributed by atoms with van der Waals surface area (Å²) in [7, 11) is 0. The van der Waals surface area contributed by atoms with Crippen LogP contribution in [0.5, 0.6) is 0 Å². The van der Waals surface area contributed by atoms with Crippen molar-refractivity contribution in [3.63, 3.8) is 0 Å². The van der Waals surface area contributed by atoms with Crippen LogP contribution in [0.2, 0.25) is 5.02 Å². The Balaban J connectivity index is 1.52. The number of anilines is 2. The smallest absolute Gasteiger partial charge is 0.391 e. The minimum absolute atomic E-state index is 0.0871. The molecule has 0 unspecified atom stereocenters. The Kier molecular flexibility index (Phi) is 6.96. The van der Waals surface area contributed by atoms with Gasteiger partial charge in [0, 0.05) is 30.3 Å². The summed E-state index contributed by atoms with van der Waals surface area (Å²) in [4.78, 5) is 16.7. The molecule has 3 atom stereocenters. The van der Waals surface area contributed by atoms with E-state index in [4.69, 9.17) is 11.6 Å². The van der Waals surface area contributed by atoms with E-state index in [9.17, 15) is 27.5 Å². The summed E-state index contributed by atoms with van der Waals surface area (Å²) in [6.07, 6.45) is -3.94. The second-order valence-electron chi connectivity index (χ2n) is 8.87. The van der Waals surface area contributed by atoms with Gasteiger partial charge in [0.15, 0.2) is 0 Å². The Bertz CT molecular complexity index is 1060. The van der Waals surface area contributed by atoms with Crippen LogP contribution in [0.1, 0.15) is 30.4 Å². The molecule has 0 aliphatic carbocycles. The van der Waals surface area contributed by atoms with E-state index < -0.39 is 29.9 Å². The molecule has 2 aromatic rings. The number of rotatable bonds is 4. The molecule has 2 aliphatic rings. The Morgan fingerprint density at radius 2 is 1.91 bits per heavy atom. The summed E-state index contributed by atoms with van der Waals surface area (Å²) in [5.41, 5.74) is 0.140. The number of amides is 1. The zero-order valence-corrected chi connectivity index (χ0v) is 19.3. The molecule has 0 spiro atoms. The number of benzene rings is 2. The molecular formula is C24H26ClF4N3O2. The third-order valence-electron chi connectivity index (χ3n) is 6.50. The zero-order chi connectivity index (χ0) is 24.6. The first-order chi connectivity index (χ1) is 16.0. The average Bonchev–Trinajstić information content (AvgIpc) is 2.77. The van der Waals surface area contributed by atoms with Crippen LogP contribution < -0.4 is 10.2 Å². The van der Waals surface area contributed by atoms with E-state index in [1.165, 1.54) is 6.07 Å². The highest BCUT2D eigenvalue weighted by Gasteiger charge is 2.40. The van der Waals surface area contributed by atoms with Crippen LogP contribution in [0.3, 0.4) is 0 Å². The quantitative estimate of drug-likeness (QED) is 0.591. The normalized spacial score (nSPS) is 23.9. The number of nitrogens with zero attached hydrogens (tertiary/aromatic N) is 2. The highest BCUT2D eigenvalue weighted by atomic mass is 35.5. The molecule has 2 fully saturated rings. The minimum atomic E-state index is -4.56. The fourth-order valence-electron chi connectivity index (χ4n) is 4.72. The third kappa shape index (κ3) is 5.10. The van der Waals surface area contributed by atoms with Crippen LogP contribution in [0.15, 0.2) is 36.4 Å². The van der Waals surface area contributed by atoms with Gasteiger partial charge >= 0.3 is 6.18 Å². The van der Waals surface area contributed by atoms with Crippen molar-refractivity contribution in [2.75, 3.05) is 29.9 Å². The lowest BCUT2D eigenvalue weighted by Crippen LogP contribution is -2.61. The Morgan fingerprint density at radius 3 is 2.65 bits per heavy atom. The van der Waals surface area contributed by atoms with Gasteiger partial charge in [-0.3, -0.25) is 4.79 Å². The lowest BCUT2D eigenvalue weighted by Gasteiger charge is -2.45. The summed E-state index contributed by atoms with van der Waals surface area (Å²) < 4.78 is 54.2. The number of carbonyl (C=O) groups is 1. The fraction of sp³-hybridized carbons (Fsp3) is 0.458. The van der Waals surface area contributed by atoms with Crippen molar-refractivity contribution in [3.05, 3.63) is 58.4 Å². The van der Waals surface area contributed by atoms with Crippen molar-refractivity contribution in [3.8, 4) is 0 Å². The van der Waals surface area contributed by atoms with E-state index >= 15 is 0 Å². The van der Waals surface area contributed by atoms with Gasteiger partial charge in [-0.15, -0.1) is 0 Å². The number of nitrogens with one attached hydrogen (secondary N) is 1. The number of aryl methyl sites for hydroxylation is 1. The first-order valence-corrected chi connectivity index (χ1v) is 11.6. The largest absolute Gasteiger partial charge is 0.416 e. The number of hydrogen-bond acceptors (Lipinski definition) is 4. The van der Waals surface area contributed by atoms with Crippen LogP contribution >= 0.6 is 11.6 Å². The van der Waals surface area contributed by atoms with Crippen LogP contribution in [0.4, 0.5) is 28.9 Å². The van der Waals surface area contributed by atoms with Crippen LogP contribution in [-0.2, 0) is 11.0 Å². The maximum absolute atomic E-state index is 14.7.